The Hall–Kier alpha value is -2.88. The molecule has 0 radical (unpaired) electrons. The fourth-order valence-electron chi connectivity index (χ4n) is 15.4. The number of allylic oxidation sites excluding steroid dienone is 2. The molecule has 12 unspecified atom stereocenters. The van der Waals surface area contributed by atoms with Gasteiger partial charge in [-0.1, -0.05) is 259 Å². The number of rotatable bonds is 44. The molecule has 0 aromatic carbocycles. The van der Waals surface area contributed by atoms with Crippen molar-refractivity contribution in [1.82, 2.24) is 9.80 Å². The van der Waals surface area contributed by atoms with Crippen molar-refractivity contribution in [2.24, 2.45) is 47.3 Å². The Labute approximate surface area is 527 Å². The molecule has 12 atom stereocenters. The monoisotopic (exact) mass is 1220 g/mol. The molecule has 4 fully saturated rings. The van der Waals surface area contributed by atoms with Gasteiger partial charge in [-0.25, -0.2) is 9.69 Å². The van der Waals surface area contributed by atoms with E-state index in [9.17, 15) is 10.5 Å². The lowest BCUT2D eigenvalue weighted by Crippen LogP contribution is -2.76. The van der Waals surface area contributed by atoms with Gasteiger partial charge in [-0.15, -0.1) is 47.0 Å². The quantitative estimate of drug-likeness (QED) is 0.0330. The van der Waals surface area contributed by atoms with Crippen LogP contribution in [-0.4, -0.2) is 67.5 Å². The normalized spacial score (nSPS) is 26.0. The molecule has 0 spiro atoms. The number of fused-ring (bicyclic) bond motifs is 6. The van der Waals surface area contributed by atoms with Crippen molar-refractivity contribution in [2.75, 3.05) is 13.1 Å². The van der Waals surface area contributed by atoms with E-state index < -0.39 is 56.5 Å². The minimum Gasteiger partial charge on any atom is -0.282 e. The molecule has 4 aliphatic heterocycles. The van der Waals surface area contributed by atoms with E-state index in [0.29, 0.717) is 13.1 Å². The molecule has 10 nitrogen and oxygen atoms in total. The van der Waals surface area contributed by atoms with Gasteiger partial charge in [-0.3, -0.25) is 29.0 Å². The summed E-state index contributed by atoms with van der Waals surface area (Å²) >= 11 is 5.02. The summed E-state index contributed by atoms with van der Waals surface area (Å²) in [4.78, 5) is 75.1. The van der Waals surface area contributed by atoms with Crippen LogP contribution in [0.3, 0.4) is 0 Å². The number of imide groups is 2. The number of unbranched alkanes of at least 4 members (excludes halogenated alkanes) is 32. The van der Waals surface area contributed by atoms with E-state index in [-0.39, 0.29) is 55.3 Å². The Morgan fingerprint density at radius 1 is 0.369 bits per heavy atom. The molecule has 4 heterocycles. The van der Waals surface area contributed by atoms with Crippen LogP contribution in [0.2, 0.25) is 0 Å². The number of likely N-dealkylation sites (tertiary alicyclic amines) is 2. The fraction of sp³-hybridized carbons (Fsp3) is 0.829. The summed E-state index contributed by atoms with van der Waals surface area (Å²) in [5.41, 5.74) is 0. The van der Waals surface area contributed by atoms with Gasteiger partial charge < -0.3 is 0 Å². The van der Waals surface area contributed by atoms with Gasteiger partial charge in [0.1, 0.15) is 21.9 Å². The number of nitriles is 2. The van der Waals surface area contributed by atoms with Gasteiger partial charge in [0.25, 0.3) is 0 Å². The van der Waals surface area contributed by atoms with Gasteiger partial charge in [-0.2, -0.15) is 10.5 Å². The maximum atomic E-state index is 15.9. The third kappa shape index (κ3) is 19.6. The van der Waals surface area contributed by atoms with Crippen LogP contribution in [0.1, 0.15) is 285 Å². The molecule has 0 bridgehead atoms. The Bertz CT molecular complexity index is 2050. The van der Waals surface area contributed by atoms with Gasteiger partial charge in [0.15, 0.2) is 0 Å². The summed E-state index contributed by atoms with van der Waals surface area (Å²) in [7, 11) is 0. The number of carbonyl (C=O) groups excluding carboxylic acids is 4. The van der Waals surface area contributed by atoms with Gasteiger partial charge in [0, 0.05) is 34.1 Å². The zero-order chi connectivity index (χ0) is 60.1. The standard InChI is InChI=1S/C70H108N6O4S4/c1-7-11-15-19-23-27-29-33-37-41-45-51(43-39-35-31-25-21-17-13-9-3)49-75-67(77)57-55-56-58(62-61(57)81-53(47-71)54(48-72)82-62)68(78)76(70(80)60(56)64-63(59(55)69(75)79)83-65(73-5)66(74-6)84-64)50-52(44-40-36-32-26-22-18-14-10-4)46-42-38-34-30-28-24-20-16-12-8-2/h51-52,55-64H,7-46,49-50H2,1-4H3. The highest BCUT2D eigenvalue weighted by atomic mass is 32.2. The Morgan fingerprint density at radius 2 is 0.583 bits per heavy atom. The molecule has 466 valence electrons. The maximum Gasteiger partial charge on any atom is 0.234 e. The molecule has 0 N–H and O–H groups in total. The molecule has 14 heteroatoms. The summed E-state index contributed by atoms with van der Waals surface area (Å²) in [6, 6.07) is 4.60. The van der Waals surface area contributed by atoms with Crippen LogP contribution in [0.15, 0.2) is 19.9 Å². The first-order valence-electron chi connectivity index (χ1n) is 34.5. The highest BCUT2D eigenvalue weighted by molar-refractivity contribution is 8.11. The van der Waals surface area contributed by atoms with E-state index in [2.05, 4.69) is 49.5 Å². The second-order valence-electron chi connectivity index (χ2n) is 26.1. The first-order valence-corrected chi connectivity index (χ1v) is 38.1. The molecule has 4 amide bonds. The van der Waals surface area contributed by atoms with Crippen LogP contribution < -0.4 is 0 Å². The average Bonchev–Trinajstić information content (AvgIpc) is 0.721. The van der Waals surface area contributed by atoms with Crippen molar-refractivity contribution in [2.45, 2.75) is 306 Å². The Morgan fingerprint density at radius 3 is 0.798 bits per heavy atom. The second-order valence-corrected chi connectivity index (χ2v) is 30.8. The molecular weight excluding hydrogens is 1120 g/mol. The van der Waals surface area contributed by atoms with E-state index in [4.69, 9.17) is 13.1 Å². The third-order valence-electron chi connectivity index (χ3n) is 19.9. The number of amides is 4. The third-order valence-corrected chi connectivity index (χ3v) is 26.0. The summed E-state index contributed by atoms with van der Waals surface area (Å²) < 4.78 is 0. The largest absolute Gasteiger partial charge is 0.282 e. The van der Waals surface area contributed by atoms with Crippen molar-refractivity contribution >= 4 is 70.7 Å². The molecule has 2 saturated heterocycles. The van der Waals surface area contributed by atoms with Crippen molar-refractivity contribution in [1.29, 1.82) is 10.5 Å². The van der Waals surface area contributed by atoms with Gasteiger partial charge in [-0.05, 0) is 49.4 Å². The lowest BCUT2D eigenvalue weighted by atomic mass is 9.50. The van der Waals surface area contributed by atoms with E-state index in [1.807, 2.05) is 0 Å². The summed E-state index contributed by atoms with van der Waals surface area (Å²) in [6.07, 6.45) is 47.5. The second kappa shape index (κ2) is 39.2. The SMILES string of the molecule is [C-]#[N+]C1=C([N+]#[C-])SC2C(S1)C1C(=O)N(CC(CCCCCCCCCC)CCCCCCCCCCCC)C(=O)C3C4SC(C#N)=C(C#N)SC4C4C(=O)N(CC(CCCCCCCCCC)CCCCCCCCCCCC)C(=O)C2C4C31. The fourth-order valence-corrected chi connectivity index (χ4v) is 21.5. The molecule has 2 saturated carbocycles. The maximum absolute atomic E-state index is 15.9. The first kappa shape index (κ1) is 70.2. The molecule has 0 aromatic rings. The summed E-state index contributed by atoms with van der Waals surface area (Å²) in [6.45, 7) is 26.3. The average molecular weight is 1230 g/mol. The number of hydrogen-bond donors (Lipinski definition) is 0. The molecule has 0 aromatic heterocycles. The van der Waals surface area contributed by atoms with Crippen LogP contribution in [0.4, 0.5) is 0 Å². The number of thioether (sulfide) groups is 4. The predicted molar refractivity (Wildman–Crippen MR) is 353 cm³/mol. The number of nitrogens with zero attached hydrogens (tertiary/aromatic N) is 6. The zero-order valence-electron chi connectivity index (χ0n) is 52.6. The van der Waals surface area contributed by atoms with Crippen LogP contribution in [0, 0.1) is 83.1 Å². The smallest absolute Gasteiger partial charge is 0.234 e. The van der Waals surface area contributed by atoms with E-state index >= 15 is 19.2 Å². The predicted octanol–water partition coefficient (Wildman–Crippen LogP) is 20.0. The Balaban J connectivity index is 1.31. The van der Waals surface area contributed by atoms with Gasteiger partial charge in [0.05, 0.1) is 36.8 Å². The lowest BCUT2D eigenvalue weighted by Gasteiger charge is -2.65. The molecule has 2 aliphatic carbocycles. The first-order chi connectivity index (χ1) is 41.1. The minimum absolute atomic E-state index is 0.113. The van der Waals surface area contributed by atoms with Crippen LogP contribution in [-0.2, 0) is 19.2 Å². The highest BCUT2D eigenvalue weighted by Crippen LogP contribution is 2.68. The van der Waals surface area contributed by atoms with E-state index in [1.165, 1.54) is 227 Å². The van der Waals surface area contributed by atoms with Gasteiger partial charge >= 0.3 is 0 Å². The molecule has 84 heavy (non-hydrogen) atoms. The van der Waals surface area contributed by atoms with E-state index in [1.54, 1.807) is 9.80 Å². The van der Waals surface area contributed by atoms with Crippen LogP contribution in [0.5, 0.6) is 0 Å². The van der Waals surface area contributed by atoms with Gasteiger partial charge in [0.2, 0.25) is 33.7 Å². The number of piperidine rings is 2. The van der Waals surface area contributed by atoms with Crippen molar-refractivity contribution < 1.29 is 19.2 Å². The van der Waals surface area contributed by atoms with Crippen molar-refractivity contribution in [3.05, 3.63) is 42.7 Å². The molecular formula is C70H108N6O4S4. The number of carbonyl (C=O) groups is 4. The van der Waals surface area contributed by atoms with Crippen molar-refractivity contribution in [3.8, 4) is 12.1 Å². The van der Waals surface area contributed by atoms with Crippen LogP contribution >= 0.6 is 47.0 Å². The minimum atomic E-state index is -0.781. The Kier molecular flexibility index (Phi) is 32.8. The van der Waals surface area contributed by atoms with Crippen molar-refractivity contribution in [3.63, 3.8) is 0 Å². The zero-order valence-corrected chi connectivity index (χ0v) is 55.8. The lowest BCUT2D eigenvalue weighted by molar-refractivity contribution is -0.184. The summed E-state index contributed by atoms with van der Waals surface area (Å²) in [5.74, 6) is -5.28. The van der Waals surface area contributed by atoms with Crippen LogP contribution in [0.25, 0.3) is 9.69 Å². The van der Waals surface area contributed by atoms with E-state index in [0.717, 1.165) is 77.0 Å². The topological polar surface area (TPSA) is 131 Å². The number of hydrogen-bond acceptors (Lipinski definition) is 10. The highest BCUT2D eigenvalue weighted by Gasteiger charge is 2.73. The summed E-state index contributed by atoms with van der Waals surface area (Å²) in [5, 5.41) is 19.4. The molecule has 6 aliphatic rings. The molecule has 6 rings (SSSR count).